The van der Waals surface area contributed by atoms with E-state index in [4.69, 9.17) is 17.0 Å². The maximum Gasteiger partial charge on any atom is 0.340 e. The molecule has 0 spiro atoms. The third-order valence-electron chi connectivity index (χ3n) is 2.87. The Morgan fingerprint density at radius 2 is 2.00 bits per heavy atom. The number of thiocarbonyl (C=S) groups is 1. The van der Waals surface area contributed by atoms with Gasteiger partial charge in [-0.3, -0.25) is 0 Å². The van der Waals surface area contributed by atoms with E-state index < -0.39 is 0 Å². The van der Waals surface area contributed by atoms with Crippen molar-refractivity contribution in [1.82, 2.24) is 0 Å². The molecule has 116 valence electrons. The monoisotopic (exact) mass is 398 g/mol. The van der Waals surface area contributed by atoms with Gasteiger partial charge in [-0.2, -0.15) is 0 Å². The molecule has 22 heavy (non-hydrogen) atoms. The van der Waals surface area contributed by atoms with Crippen LogP contribution in [0.25, 0.3) is 0 Å². The van der Waals surface area contributed by atoms with Gasteiger partial charge in [0, 0.05) is 15.0 Å². The molecule has 0 saturated carbocycles. The fourth-order valence-corrected chi connectivity index (χ4v) is 3.31. The van der Waals surface area contributed by atoms with E-state index in [1.54, 1.807) is 0 Å². The van der Waals surface area contributed by atoms with E-state index in [1.807, 2.05) is 37.3 Å². The molecular weight excluding hydrogens is 384 g/mol. The van der Waals surface area contributed by atoms with Crippen LogP contribution >= 0.6 is 39.5 Å². The number of ether oxygens (including phenoxy) is 1. The summed E-state index contributed by atoms with van der Waals surface area (Å²) in [6.45, 7) is 2.04. The second-order valence-corrected chi connectivity index (χ2v) is 6.85. The zero-order valence-corrected chi connectivity index (χ0v) is 15.3. The van der Waals surface area contributed by atoms with Crippen LogP contribution in [0.1, 0.15) is 22.2 Å². The van der Waals surface area contributed by atoms with E-state index in [-0.39, 0.29) is 5.97 Å². The Kier molecular flexibility index (Phi) is 5.93. The average molecular weight is 399 g/mol. The molecule has 0 amide bonds. The number of rotatable bonds is 4. The van der Waals surface area contributed by atoms with Gasteiger partial charge >= 0.3 is 5.97 Å². The first-order valence-electron chi connectivity index (χ1n) is 6.58. The zero-order chi connectivity index (χ0) is 16.1. The number of anilines is 2. The maximum absolute atomic E-state index is 11.8. The molecule has 0 aliphatic rings. The molecule has 2 rings (SSSR count). The first kappa shape index (κ1) is 16.9. The molecule has 0 radical (unpaired) electrons. The normalized spacial score (nSPS) is 10.1. The lowest BCUT2D eigenvalue weighted by atomic mass is 10.2. The average Bonchev–Trinajstić information content (AvgIpc) is 2.91. The van der Waals surface area contributed by atoms with Gasteiger partial charge in [-0.25, -0.2) is 4.79 Å². The fraction of sp³-hybridized carbons (Fsp3) is 0.200. The van der Waals surface area contributed by atoms with Crippen LogP contribution in [0.2, 0.25) is 0 Å². The molecule has 0 aliphatic heterocycles. The minimum absolute atomic E-state index is 0.370. The molecule has 7 heteroatoms. The van der Waals surface area contributed by atoms with Gasteiger partial charge in [-0.05, 0) is 49.0 Å². The van der Waals surface area contributed by atoms with Gasteiger partial charge in [0.25, 0.3) is 0 Å². The quantitative estimate of drug-likeness (QED) is 0.578. The molecule has 1 aromatic carbocycles. The molecule has 2 N–H and O–H groups in total. The molecule has 0 unspecified atom stereocenters. The lowest BCUT2D eigenvalue weighted by molar-refractivity contribution is 0.0602. The second-order valence-electron chi connectivity index (χ2n) is 4.39. The van der Waals surface area contributed by atoms with Crippen LogP contribution in [0.5, 0.6) is 0 Å². The second kappa shape index (κ2) is 7.71. The molecule has 0 bridgehead atoms. The highest BCUT2D eigenvalue weighted by Gasteiger charge is 2.17. The van der Waals surface area contributed by atoms with Gasteiger partial charge in [0.15, 0.2) is 5.11 Å². The first-order valence-corrected chi connectivity index (χ1v) is 8.59. The van der Waals surface area contributed by atoms with Crippen LogP contribution in [-0.2, 0) is 11.2 Å². The van der Waals surface area contributed by atoms with E-state index >= 15 is 0 Å². The van der Waals surface area contributed by atoms with Crippen molar-refractivity contribution in [2.75, 3.05) is 17.7 Å². The summed E-state index contributed by atoms with van der Waals surface area (Å²) in [6.07, 6.45) is 0.850. The molecule has 2 aromatic rings. The van der Waals surface area contributed by atoms with E-state index in [1.165, 1.54) is 18.4 Å². The number of hydrogen-bond acceptors (Lipinski definition) is 4. The Balaban J connectivity index is 2.12. The van der Waals surface area contributed by atoms with Crippen molar-refractivity contribution in [3.8, 4) is 0 Å². The SMILES string of the molecule is CCc1cc(C(=O)OC)c(NC(=S)Nc2ccc(Br)cc2)s1. The van der Waals surface area contributed by atoms with Gasteiger partial charge < -0.3 is 15.4 Å². The summed E-state index contributed by atoms with van der Waals surface area (Å²) in [5.41, 5.74) is 1.37. The number of hydrogen-bond donors (Lipinski definition) is 2. The third-order valence-corrected chi connectivity index (χ3v) is 4.79. The molecule has 1 heterocycles. The summed E-state index contributed by atoms with van der Waals surface area (Å²) in [7, 11) is 1.37. The van der Waals surface area contributed by atoms with Crippen LogP contribution in [0.15, 0.2) is 34.8 Å². The lowest BCUT2D eigenvalue weighted by Crippen LogP contribution is -2.19. The minimum atomic E-state index is -0.370. The lowest BCUT2D eigenvalue weighted by Gasteiger charge is -2.10. The van der Waals surface area contributed by atoms with Crippen molar-refractivity contribution in [3.63, 3.8) is 0 Å². The maximum atomic E-state index is 11.8. The van der Waals surface area contributed by atoms with Crippen LogP contribution in [-0.4, -0.2) is 18.2 Å². The highest BCUT2D eigenvalue weighted by molar-refractivity contribution is 9.10. The van der Waals surface area contributed by atoms with Gasteiger partial charge in [0.05, 0.1) is 12.7 Å². The topological polar surface area (TPSA) is 50.4 Å². The molecule has 0 saturated heterocycles. The predicted molar refractivity (Wildman–Crippen MR) is 99.0 cm³/mol. The Morgan fingerprint density at radius 3 is 2.59 bits per heavy atom. The summed E-state index contributed by atoms with van der Waals surface area (Å²) < 4.78 is 5.80. The van der Waals surface area contributed by atoms with E-state index in [9.17, 15) is 4.79 Å². The van der Waals surface area contributed by atoms with Gasteiger partial charge in [-0.1, -0.05) is 22.9 Å². The first-order chi connectivity index (χ1) is 10.5. The number of nitrogens with one attached hydrogen (secondary N) is 2. The number of methoxy groups -OCH3 is 1. The Hall–Kier alpha value is -1.44. The molecule has 0 atom stereocenters. The number of esters is 1. The molecule has 1 aromatic heterocycles. The van der Waals surface area contributed by atoms with Gasteiger partial charge in [0.2, 0.25) is 0 Å². The van der Waals surface area contributed by atoms with Crippen LogP contribution in [0.4, 0.5) is 10.7 Å². The Bertz CT molecular complexity index is 683. The summed E-state index contributed by atoms with van der Waals surface area (Å²) >= 11 is 10.2. The number of thiophene rings is 1. The third kappa shape index (κ3) is 4.28. The molecule has 0 fully saturated rings. The summed E-state index contributed by atoms with van der Waals surface area (Å²) in [5.74, 6) is -0.370. The van der Waals surface area contributed by atoms with Crippen LogP contribution in [0, 0.1) is 0 Å². The van der Waals surface area contributed by atoms with E-state index in [2.05, 4.69) is 26.6 Å². The van der Waals surface area contributed by atoms with Crippen LogP contribution in [0.3, 0.4) is 0 Å². The molecule has 4 nitrogen and oxygen atoms in total. The van der Waals surface area contributed by atoms with E-state index in [0.717, 1.165) is 21.5 Å². The highest BCUT2D eigenvalue weighted by atomic mass is 79.9. The number of benzene rings is 1. The fourth-order valence-electron chi connectivity index (χ4n) is 1.77. The van der Waals surface area contributed by atoms with Crippen LogP contribution < -0.4 is 10.6 Å². The largest absolute Gasteiger partial charge is 0.465 e. The van der Waals surface area contributed by atoms with Gasteiger partial charge in [0.1, 0.15) is 5.00 Å². The van der Waals surface area contributed by atoms with Crippen molar-refractivity contribution in [2.24, 2.45) is 0 Å². The summed E-state index contributed by atoms with van der Waals surface area (Å²) in [6, 6.07) is 9.49. The standard InChI is InChI=1S/C15H15BrN2O2S2/c1-3-11-8-12(14(19)20-2)13(22-11)18-15(21)17-10-6-4-9(16)5-7-10/h4-8H,3H2,1-2H3,(H2,17,18,21). The van der Waals surface area contributed by atoms with Crippen molar-refractivity contribution >= 4 is 61.3 Å². The van der Waals surface area contributed by atoms with Crippen molar-refractivity contribution < 1.29 is 9.53 Å². The number of halogens is 1. The van der Waals surface area contributed by atoms with Crippen molar-refractivity contribution in [1.29, 1.82) is 0 Å². The van der Waals surface area contributed by atoms with Crippen molar-refractivity contribution in [3.05, 3.63) is 45.2 Å². The minimum Gasteiger partial charge on any atom is -0.465 e. The van der Waals surface area contributed by atoms with Gasteiger partial charge in [-0.15, -0.1) is 11.3 Å². The smallest absolute Gasteiger partial charge is 0.340 e. The number of carbonyl (C=O) groups is 1. The van der Waals surface area contributed by atoms with E-state index in [0.29, 0.717) is 15.7 Å². The highest BCUT2D eigenvalue weighted by Crippen LogP contribution is 2.29. The Morgan fingerprint density at radius 1 is 1.32 bits per heavy atom. The van der Waals surface area contributed by atoms with Crippen molar-refractivity contribution in [2.45, 2.75) is 13.3 Å². The predicted octanol–water partition coefficient (Wildman–Crippen LogP) is 4.67. The molecular formula is C15H15BrN2O2S2. The summed E-state index contributed by atoms with van der Waals surface area (Å²) in [5, 5.41) is 7.27. The number of aryl methyl sites for hydroxylation is 1. The zero-order valence-electron chi connectivity index (χ0n) is 12.1. The Labute approximate surface area is 147 Å². The molecule has 0 aliphatic carbocycles. The number of carbonyl (C=O) groups excluding carboxylic acids is 1. The summed E-state index contributed by atoms with van der Waals surface area (Å²) in [4.78, 5) is 12.9.